The summed E-state index contributed by atoms with van der Waals surface area (Å²) in [5.41, 5.74) is 1.16. The van der Waals surface area contributed by atoms with Gasteiger partial charge < -0.3 is 14.8 Å². The Bertz CT molecular complexity index is 684. The second kappa shape index (κ2) is 7.68. The standard InChI is InChI=1S/C15H17N3O4S/c1-4-12-13(23-18-17-12)15(20)22-9(2)14(19)16-10-5-7-11(21-3)8-6-10/h5-9H,4H2,1-3H3,(H,16,19)/t9-/m0/s1. The lowest BCUT2D eigenvalue weighted by molar-refractivity contribution is -0.123. The van der Waals surface area contributed by atoms with E-state index in [9.17, 15) is 9.59 Å². The summed E-state index contributed by atoms with van der Waals surface area (Å²) in [6.45, 7) is 3.38. The van der Waals surface area contributed by atoms with Crippen molar-refractivity contribution >= 4 is 29.1 Å². The number of nitrogens with zero attached hydrogens (tertiary/aromatic N) is 2. The van der Waals surface area contributed by atoms with Crippen molar-refractivity contribution in [1.29, 1.82) is 0 Å². The van der Waals surface area contributed by atoms with Crippen molar-refractivity contribution in [1.82, 2.24) is 9.59 Å². The SMILES string of the molecule is CCc1nnsc1C(=O)O[C@@H](C)C(=O)Nc1ccc(OC)cc1. The zero-order valence-corrected chi connectivity index (χ0v) is 13.8. The highest BCUT2D eigenvalue weighted by molar-refractivity contribution is 7.07. The van der Waals surface area contributed by atoms with Gasteiger partial charge in [0.1, 0.15) is 5.75 Å². The average Bonchev–Trinajstić information content (AvgIpc) is 3.04. The van der Waals surface area contributed by atoms with Gasteiger partial charge in [0.05, 0.1) is 12.8 Å². The molecule has 0 fully saturated rings. The van der Waals surface area contributed by atoms with E-state index in [1.54, 1.807) is 31.4 Å². The summed E-state index contributed by atoms with van der Waals surface area (Å²) < 4.78 is 13.9. The van der Waals surface area contributed by atoms with Crippen LogP contribution in [0.5, 0.6) is 5.75 Å². The Hall–Kier alpha value is -2.48. The minimum Gasteiger partial charge on any atom is -0.497 e. The topological polar surface area (TPSA) is 90.4 Å². The molecule has 2 rings (SSSR count). The number of carbonyl (C=O) groups excluding carboxylic acids is 2. The molecule has 0 saturated carbocycles. The molecule has 8 heteroatoms. The maximum Gasteiger partial charge on any atom is 0.352 e. The Morgan fingerprint density at radius 3 is 2.61 bits per heavy atom. The minimum absolute atomic E-state index is 0.330. The van der Waals surface area contributed by atoms with Gasteiger partial charge in [0.2, 0.25) is 0 Å². The molecule has 1 atom stereocenters. The highest BCUT2D eigenvalue weighted by Crippen LogP contribution is 2.17. The molecule has 1 N–H and O–H groups in total. The maximum atomic E-state index is 12.1. The number of anilines is 1. The van der Waals surface area contributed by atoms with Gasteiger partial charge in [-0.2, -0.15) is 0 Å². The molecule has 1 aromatic carbocycles. The smallest absolute Gasteiger partial charge is 0.352 e. The van der Waals surface area contributed by atoms with Crippen LogP contribution in [0.25, 0.3) is 0 Å². The summed E-state index contributed by atoms with van der Waals surface area (Å²) >= 11 is 0.963. The molecule has 0 saturated heterocycles. The molecule has 0 spiro atoms. The number of rotatable bonds is 6. The molecule has 2 aromatic rings. The average molecular weight is 335 g/mol. The molecule has 23 heavy (non-hydrogen) atoms. The Kier molecular flexibility index (Phi) is 5.64. The van der Waals surface area contributed by atoms with E-state index in [0.717, 1.165) is 11.5 Å². The van der Waals surface area contributed by atoms with Crippen molar-refractivity contribution in [3.05, 3.63) is 34.8 Å². The molecule has 0 radical (unpaired) electrons. The lowest BCUT2D eigenvalue weighted by Crippen LogP contribution is -2.30. The van der Waals surface area contributed by atoms with Gasteiger partial charge in [0, 0.05) is 5.69 Å². The molecule has 0 bridgehead atoms. The van der Waals surface area contributed by atoms with Gasteiger partial charge in [-0.3, -0.25) is 4.79 Å². The number of aromatic nitrogens is 2. The third-order valence-corrected chi connectivity index (χ3v) is 3.83. The molecular formula is C15H17N3O4S. The fourth-order valence-electron chi connectivity index (χ4n) is 1.78. The van der Waals surface area contributed by atoms with Crippen LogP contribution in [0.2, 0.25) is 0 Å². The maximum absolute atomic E-state index is 12.1. The third kappa shape index (κ3) is 4.26. The number of ether oxygens (including phenoxy) is 2. The number of aryl methyl sites for hydroxylation is 1. The van der Waals surface area contributed by atoms with Crippen LogP contribution in [-0.4, -0.2) is 34.7 Å². The number of benzene rings is 1. The van der Waals surface area contributed by atoms with Crippen molar-refractivity contribution in [2.24, 2.45) is 0 Å². The number of nitrogens with one attached hydrogen (secondary N) is 1. The van der Waals surface area contributed by atoms with Crippen LogP contribution in [0, 0.1) is 0 Å². The number of hydrogen-bond acceptors (Lipinski definition) is 7. The van der Waals surface area contributed by atoms with E-state index < -0.39 is 18.0 Å². The first kappa shape index (κ1) is 16.9. The number of carbonyl (C=O) groups is 2. The number of amides is 1. The second-order valence-electron chi connectivity index (χ2n) is 4.67. The quantitative estimate of drug-likeness (QED) is 0.815. The van der Waals surface area contributed by atoms with E-state index in [0.29, 0.717) is 28.4 Å². The number of hydrogen-bond donors (Lipinski definition) is 1. The third-order valence-electron chi connectivity index (χ3n) is 3.09. The molecule has 7 nitrogen and oxygen atoms in total. The van der Waals surface area contributed by atoms with E-state index in [4.69, 9.17) is 9.47 Å². The van der Waals surface area contributed by atoms with E-state index in [-0.39, 0.29) is 0 Å². The van der Waals surface area contributed by atoms with Gasteiger partial charge in [0.15, 0.2) is 11.0 Å². The Morgan fingerprint density at radius 1 is 1.30 bits per heavy atom. The Labute approximate surface area is 137 Å². The molecule has 1 aromatic heterocycles. The summed E-state index contributed by atoms with van der Waals surface area (Å²) in [4.78, 5) is 24.5. The van der Waals surface area contributed by atoms with Crippen LogP contribution in [0.4, 0.5) is 5.69 Å². The molecule has 0 unspecified atom stereocenters. The summed E-state index contributed by atoms with van der Waals surface area (Å²) in [7, 11) is 1.56. The molecular weight excluding hydrogens is 318 g/mol. The van der Waals surface area contributed by atoms with Gasteiger partial charge in [-0.25, -0.2) is 4.79 Å². The van der Waals surface area contributed by atoms with Crippen molar-refractivity contribution in [2.75, 3.05) is 12.4 Å². The first-order chi connectivity index (χ1) is 11.0. The van der Waals surface area contributed by atoms with Crippen molar-refractivity contribution in [3.8, 4) is 5.75 Å². The minimum atomic E-state index is -0.934. The summed E-state index contributed by atoms with van der Waals surface area (Å²) in [6.07, 6.45) is -0.357. The first-order valence-electron chi connectivity index (χ1n) is 7.02. The predicted molar refractivity (Wildman–Crippen MR) is 85.8 cm³/mol. The fraction of sp³-hybridized carbons (Fsp3) is 0.333. The van der Waals surface area contributed by atoms with Crippen LogP contribution in [0.1, 0.15) is 29.2 Å². The normalized spacial score (nSPS) is 11.6. The lowest BCUT2D eigenvalue weighted by atomic mass is 10.2. The van der Waals surface area contributed by atoms with Gasteiger partial charge in [-0.1, -0.05) is 11.4 Å². The van der Waals surface area contributed by atoms with Gasteiger partial charge in [0.25, 0.3) is 5.91 Å². The highest BCUT2D eigenvalue weighted by atomic mass is 32.1. The van der Waals surface area contributed by atoms with Gasteiger partial charge in [-0.15, -0.1) is 5.10 Å². The highest BCUT2D eigenvalue weighted by Gasteiger charge is 2.22. The van der Waals surface area contributed by atoms with E-state index in [2.05, 4.69) is 14.9 Å². The first-order valence-corrected chi connectivity index (χ1v) is 7.79. The van der Waals surface area contributed by atoms with Gasteiger partial charge >= 0.3 is 5.97 Å². The van der Waals surface area contributed by atoms with E-state index >= 15 is 0 Å². The molecule has 1 heterocycles. The monoisotopic (exact) mass is 335 g/mol. The lowest BCUT2D eigenvalue weighted by Gasteiger charge is -2.13. The fourth-order valence-corrected chi connectivity index (χ4v) is 2.42. The van der Waals surface area contributed by atoms with Crippen molar-refractivity contribution in [3.63, 3.8) is 0 Å². The molecule has 0 aliphatic rings. The largest absolute Gasteiger partial charge is 0.497 e. The summed E-state index contributed by atoms with van der Waals surface area (Å²) in [6, 6.07) is 6.85. The van der Waals surface area contributed by atoms with Crippen LogP contribution in [-0.2, 0) is 16.0 Å². The van der Waals surface area contributed by atoms with E-state index in [1.807, 2.05) is 6.92 Å². The molecule has 0 aliphatic heterocycles. The second-order valence-corrected chi connectivity index (χ2v) is 5.42. The summed E-state index contributed by atoms with van der Waals surface area (Å²) in [5.74, 6) is -0.319. The van der Waals surface area contributed by atoms with Gasteiger partial charge in [-0.05, 0) is 49.1 Å². The van der Waals surface area contributed by atoms with Crippen LogP contribution in [0.3, 0.4) is 0 Å². The van der Waals surface area contributed by atoms with Crippen LogP contribution < -0.4 is 10.1 Å². The van der Waals surface area contributed by atoms with Crippen molar-refractivity contribution < 1.29 is 19.1 Å². The zero-order chi connectivity index (χ0) is 16.8. The zero-order valence-electron chi connectivity index (χ0n) is 13.0. The Balaban J connectivity index is 1.95. The number of methoxy groups -OCH3 is 1. The molecule has 1 amide bonds. The molecule has 0 aliphatic carbocycles. The van der Waals surface area contributed by atoms with Crippen LogP contribution >= 0.6 is 11.5 Å². The molecule has 122 valence electrons. The van der Waals surface area contributed by atoms with Crippen molar-refractivity contribution in [2.45, 2.75) is 26.4 Å². The predicted octanol–water partition coefficient (Wildman–Crippen LogP) is 2.29. The van der Waals surface area contributed by atoms with Crippen LogP contribution in [0.15, 0.2) is 24.3 Å². The Morgan fingerprint density at radius 2 is 2.00 bits per heavy atom. The van der Waals surface area contributed by atoms with E-state index in [1.165, 1.54) is 6.92 Å². The number of esters is 1. The summed E-state index contributed by atoms with van der Waals surface area (Å²) in [5, 5.41) is 6.52.